The second kappa shape index (κ2) is 9.22. The normalized spacial score (nSPS) is 16.5. The molecule has 2 aromatic rings. The van der Waals surface area contributed by atoms with E-state index in [4.69, 9.17) is 0 Å². The van der Waals surface area contributed by atoms with Crippen molar-refractivity contribution in [3.8, 4) is 5.82 Å². The van der Waals surface area contributed by atoms with Crippen molar-refractivity contribution in [2.75, 3.05) is 13.6 Å². The summed E-state index contributed by atoms with van der Waals surface area (Å²) < 4.78 is 1.98. The Labute approximate surface area is 168 Å². The first kappa shape index (κ1) is 20.4. The number of nitrogens with one attached hydrogen (secondary N) is 2. The maximum Gasteiger partial charge on any atom is 0.191 e. The Morgan fingerprint density at radius 3 is 2.57 bits per heavy atom. The number of pyridine rings is 1. The molecule has 1 aliphatic carbocycles. The molecule has 1 fully saturated rings. The van der Waals surface area contributed by atoms with Crippen LogP contribution in [0.5, 0.6) is 0 Å². The molecule has 0 unspecified atom stereocenters. The number of hydrogen-bond donors (Lipinski definition) is 2. The van der Waals surface area contributed by atoms with Gasteiger partial charge < -0.3 is 10.6 Å². The van der Waals surface area contributed by atoms with Crippen molar-refractivity contribution in [1.29, 1.82) is 0 Å². The topological polar surface area (TPSA) is 67.1 Å². The highest BCUT2D eigenvalue weighted by atomic mass is 15.2. The number of aryl methyl sites for hydroxylation is 1. The molecule has 0 amide bonds. The number of rotatable bonds is 7. The molecule has 6 nitrogen and oxygen atoms in total. The molecule has 6 heteroatoms. The van der Waals surface area contributed by atoms with Crippen LogP contribution in [0.3, 0.4) is 0 Å². The lowest BCUT2D eigenvalue weighted by molar-refractivity contribution is 0.235. The fourth-order valence-electron chi connectivity index (χ4n) is 4.41. The number of hydrogen-bond acceptors (Lipinski definition) is 3. The largest absolute Gasteiger partial charge is 0.356 e. The van der Waals surface area contributed by atoms with Crippen molar-refractivity contribution >= 4 is 5.96 Å². The highest BCUT2D eigenvalue weighted by Gasteiger charge is 2.34. The summed E-state index contributed by atoms with van der Waals surface area (Å²) in [5.74, 6) is 3.42. The molecule has 152 valence electrons. The maximum absolute atomic E-state index is 4.56. The van der Waals surface area contributed by atoms with Gasteiger partial charge in [-0.25, -0.2) is 9.97 Å². The summed E-state index contributed by atoms with van der Waals surface area (Å²) in [5, 5.41) is 7.00. The van der Waals surface area contributed by atoms with Crippen molar-refractivity contribution < 1.29 is 0 Å². The zero-order valence-electron chi connectivity index (χ0n) is 17.7. The molecule has 0 bridgehead atoms. The van der Waals surface area contributed by atoms with Gasteiger partial charge in [0.25, 0.3) is 0 Å². The quantitative estimate of drug-likeness (QED) is 0.564. The Morgan fingerprint density at radius 1 is 1.21 bits per heavy atom. The van der Waals surface area contributed by atoms with E-state index in [1.807, 2.05) is 37.0 Å². The van der Waals surface area contributed by atoms with Gasteiger partial charge in [-0.15, -0.1) is 0 Å². The lowest BCUT2D eigenvalue weighted by atomic mass is 9.78. The van der Waals surface area contributed by atoms with Gasteiger partial charge in [0, 0.05) is 38.7 Å². The molecule has 0 aromatic carbocycles. The minimum atomic E-state index is 0.428. The molecule has 2 N–H and O–H groups in total. The minimum Gasteiger partial charge on any atom is -0.356 e. The fraction of sp³-hybridized carbons (Fsp3) is 0.591. The summed E-state index contributed by atoms with van der Waals surface area (Å²) in [6, 6.07) is 4.12. The van der Waals surface area contributed by atoms with E-state index in [-0.39, 0.29) is 0 Å². The van der Waals surface area contributed by atoms with Crippen LogP contribution < -0.4 is 10.6 Å². The third kappa shape index (κ3) is 5.12. The number of aliphatic imine (C=N–C) groups is 1. The van der Waals surface area contributed by atoms with Gasteiger partial charge in [-0.1, -0.05) is 32.8 Å². The molecule has 0 atom stereocenters. The molecule has 0 saturated heterocycles. The first-order chi connectivity index (χ1) is 13.5. The van der Waals surface area contributed by atoms with Gasteiger partial charge in [-0.05, 0) is 49.1 Å². The summed E-state index contributed by atoms with van der Waals surface area (Å²) in [5.41, 5.74) is 1.56. The summed E-state index contributed by atoms with van der Waals surface area (Å²) in [6.45, 7) is 8.34. The van der Waals surface area contributed by atoms with Crippen LogP contribution in [0.15, 0.2) is 35.7 Å². The lowest BCUT2D eigenvalue weighted by Crippen LogP contribution is -2.43. The van der Waals surface area contributed by atoms with E-state index in [1.54, 1.807) is 6.20 Å². The summed E-state index contributed by atoms with van der Waals surface area (Å²) in [7, 11) is 1.84. The average molecular weight is 383 g/mol. The average Bonchev–Trinajstić information content (AvgIpc) is 3.31. The van der Waals surface area contributed by atoms with Crippen LogP contribution in [0.25, 0.3) is 5.82 Å². The Bertz CT molecular complexity index is 769. The number of nitrogens with zero attached hydrogens (tertiary/aromatic N) is 4. The molecule has 0 radical (unpaired) electrons. The molecular weight excluding hydrogens is 348 g/mol. The first-order valence-electron chi connectivity index (χ1n) is 10.4. The van der Waals surface area contributed by atoms with E-state index in [1.165, 1.54) is 32.1 Å². The SMILES string of the molecule is CN=C(NCc1ccc(-n2ccnc2C)nc1)NCC1(CC(C)C)CCCC1. The van der Waals surface area contributed by atoms with E-state index in [0.717, 1.165) is 35.6 Å². The van der Waals surface area contributed by atoms with Gasteiger partial charge in [0.05, 0.1) is 0 Å². The lowest BCUT2D eigenvalue weighted by Gasteiger charge is -2.32. The number of aromatic nitrogens is 3. The van der Waals surface area contributed by atoms with Crippen molar-refractivity contribution in [2.24, 2.45) is 16.3 Å². The molecule has 28 heavy (non-hydrogen) atoms. The van der Waals surface area contributed by atoms with Gasteiger partial charge in [-0.3, -0.25) is 9.56 Å². The highest BCUT2D eigenvalue weighted by Crippen LogP contribution is 2.42. The fourth-order valence-corrected chi connectivity index (χ4v) is 4.41. The molecule has 0 aliphatic heterocycles. The summed E-state index contributed by atoms with van der Waals surface area (Å²) >= 11 is 0. The van der Waals surface area contributed by atoms with Crippen LogP contribution in [-0.2, 0) is 6.54 Å². The molecule has 1 aliphatic rings. The predicted molar refractivity (Wildman–Crippen MR) is 115 cm³/mol. The minimum absolute atomic E-state index is 0.428. The van der Waals surface area contributed by atoms with Gasteiger partial charge in [-0.2, -0.15) is 0 Å². The van der Waals surface area contributed by atoms with E-state index in [9.17, 15) is 0 Å². The third-order valence-corrected chi connectivity index (χ3v) is 5.70. The molecule has 1 saturated carbocycles. The highest BCUT2D eigenvalue weighted by molar-refractivity contribution is 5.79. The van der Waals surface area contributed by atoms with E-state index in [0.29, 0.717) is 12.0 Å². The third-order valence-electron chi connectivity index (χ3n) is 5.70. The van der Waals surface area contributed by atoms with Crippen molar-refractivity contribution in [3.05, 3.63) is 42.1 Å². The van der Waals surface area contributed by atoms with Gasteiger partial charge in [0.1, 0.15) is 11.6 Å². The van der Waals surface area contributed by atoms with E-state index >= 15 is 0 Å². The molecule has 2 heterocycles. The Hall–Kier alpha value is -2.37. The maximum atomic E-state index is 4.56. The molecule has 3 rings (SSSR count). The molecule has 2 aromatic heterocycles. The Balaban J connectivity index is 1.53. The van der Waals surface area contributed by atoms with Gasteiger partial charge in [0.15, 0.2) is 5.96 Å². The second-order valence-corrected chi connectivity index (χ2v) is 8.45. The Morgan fingerprint density at radius 2 is 2.00 bits per heavy atom. The van der Waals surface area contributed by atoms with Gasteiger partial charge >= 0.3 is 0 Å². The second-order valence-electron chi connectivity index (χ2n) is 8.45. The summed E-state index contributed by atoms with van der Waals surface area (Å²) in [4.78, 5) is 13.2. The molecule has 0 spiro atoms. The van der Waals surface area contributed by atoms with Crippen LogP contribution in [0.1, 0.15) is 57.3 Å². The van der Waals surface area contributed by atoms with E-state index in [2.05, 4.69) is 45.5 Å². The number of imidazole rings is 1. The van der Waals surface area contributed by atoms with E-state index < -0.39 is 0 Å². The smallest absolute Gasteiger partial charge is 0.191 e. The van der Waals surface area contributed by atoms with Crippen LogP contribution >= 0.6 is 0 Å². The zero-order chi connectivity index (χ0) is 20.0. The predicted octanol–water partition coefficient (Wildman–Crippen LogP) is 3.85. The zero-order valence-corrected chi connectivity index (χ0v) is 17.7. The molecular formula is C22H34N6. The van der Waals surface area contributed by atoms with Crippen molar-refractivity contribution in [3.63, 3.8) is 0 Å². The monoisotopic (exact) mass is 382 g/mol. The first-order valence-corrected chi connectivity index (χ1v) is 10.4. The summed E-state index contributed by atoms with van der Waals surface area (Å²) in [6.07, 6.45) is 12.3. The Kier molecular flexibility index (Phi) is 6.70. The standard InChI is InChI=1S/C22H34N6/c1-17(2)13-22(9-5-6-10-22)16-27-21(23-4)26-15-19-7-8-20(25-14-19)28-12-11-24-18(28)3/h7-8,11-12,14,17H,5-6,9-10,13,15-16H2,1-4H3,(H2,23,26,27). The van der Waals surface area contributed by atoms with Crippen molar-refractivity contribution in [1.82, 2.24) is 25.2 Å². The van der Waals surface area contributed by atoms with Crippen molar-refractivity contribution in [2.45, 2.75) is 59.4 Å². The number of guanidine groups is 1. The van der Waals surface area contributed by atoms with Crippen LogP contribution in [-0.4, -0.2) is 34.1 Å². The van der Waals surface area contributed by atoms with Crippen LogP contribution in [0, 0.1) is 18.3 Å². The van der Waals surface area contributed by atoms with Gasteiger partial charge in [0.2, 0.25) is 0 Å². The van der Waals surface area contributed by atoms with Crippen LogP contribution in [0.4, 0.5) is 0 Å². The van der Waals surface area contributed by atoms with Crippen LogP contribution in [0.2, 0.25) is 0 Å².